The van der Waals surface area contributed by atoms with E-state index in [9.17, 15) is 4.79 Å². The summed E-state index contributed by atoms with van der Waals surface area (Å²) in [4.78, 5) is 12.5. The zero-order valence-corrected chi connectivity index (χ0v) is 13.7. The van der Waals surface area contributed by atoms with Crippen molar-refractivity contribution in [2.45, 2.75) is 57.9 Å². The Kier molecular flexibility index (Phi) is 5.11. The monoisotopic (exact) mass is 312 g/mol. The number of aromatic nitrogens is 1. The number of aryl methyl sites for hydroxylation is 2. The Labute approximate surface area is 137 Å². The van der Waals surface area contributed by atoms with Crippen LogP contribution in [0, 0.1) is 0 Å². The molecule has 0 unspecified atom stereocenters. The molecule has 1 amide bonds. The van der Waals surface area contributed by atoms with E-state index in [0.717, 1.165) is 49.8 Å². The highest BCUT2D eigenvalue weighted by molar-refractivity contribution is 5.94. The fraction of sp³-hybridized carbons (Fsp3) is 0.474. The molecule has 3 rings (SSSR count). The zero-order valence-electron chi connectivity index (χ0n) is 13.7. The molecule has 4 nitrogen and oxygen atoms in total. The summed E-state index contributed by atoms with van der Waals surface area (Å²) in [6.45, 7) is 2.04. The summed E-state index contributed by atoms with van der Waals surface area (Å²) in [5, 5.41) is 7.09. The largest absolute Gasteiger partial charge is 0.360 e. The maximum atomic E-state index is 12.5. The number of hydrogen-bond donors (Lipinski definition) is 1. The second-order valence-corrected chi connectivity index (χ2v) is 6.39. The molecule has 1 aliphatic carbocycles. The molecule has 1 heterocycles. The van der Waals surface area contributed by atoms with Gasteiger partial charge in [-0.3, -0.25) is 4.79 Å². The van der Waals surface area contributed by atoms with Crippen molar-refractivity contribution in [2.75, 3.05) is 0 Å². The lowest BCUT2D eigenvalue weighted by atomic mass is 10.1. The van der Waals surface area contributed by atoms with Gasteiger partial charge in [-0.1, -0.05) is 41.9 Å². The van der Waals surface area contributed by atoms with Gasteiger partial charge in [0.05, 0.1) is 0 Å². The van der Waals surface area contributed by atoms with E-state index < -0.39 is 0 Å². The summed E-state index contributed by atoms with van der Waals surface area (Å²) < 4.78 is 5.39. The molecule has 1 aromatic heterocycles. The number of nitrogens with one attached hydrogen (secondary N) is 1. The summed E-state index contributed by atoms with van der Waals surface area (Å²) in [6, 6.07) is 10.5. The molecule has 4 heteroatoms. The third kappa shape index (κ3) is 4.01. The summed E-state index contributed by atoms with van der Waals surface area (Å²) in [7, 11) is 0. The van der Waals surface area contributed by atoms with Crippen LogP contribution >= 0.6 is 0 Å². The van der Waals surface area contributed by atoms with E-state index in [1.54, 1.807) is 0 Å². The normalized spacial score (nSPS) is 15.5. The quantitative estimate of drug-likeness (QED) is 0.857. The topological polar surface area (TPSA) is 55.1 Å². The smallest absolute Gasteiger partial charge is 0.273 e. The maximum Gasteiger partial charge on any atom is 0.273 e. The van der Waals surface area contributed by atoms with E-state index in [2.05, 4.69) is 22.6 Å². The van der Waals surface area contributed by atoms with Crippen LogP contribution in [0.15, 0.2) is 34.9 Å². The highest BCUT2D eigenvalue weighted by Gasteiger charge is 2.23. The van der Waals surface area contributed by atoms with Crippen LogP contribution in [0.3, 0.4) is 0 Å². The molecule has 122 valence electrons. The minimum absolute atomic E-state index is 0.0996. The van der Waals surface area contributed by atoms with Crippen LogP contribution in [-0.4, -0.2) is 17.1 Å². The van der Waals surface area contributed by atoms with Crippen molar-refractivity contribution in [3.05, 3.63) is 52.9 Å². The first-order chi connectivity index (χ1) is 11.2. The molecular formula is C19H24N2O2. The molecule has 1 aliphatic rings. The first kappa shape index (κ1) is 15.8. The van der Waals surface area contributed by atoms with E-state index in [0.29, 0.717) is 5.69 Å². The molecule has 0 fully saturated rings. The average Bonchev–Trinajstić information content (AvgIpc) is 2.83. The van der Waals surface area contributed by atoms with Crippen LogP contribution in [0.4, 0.5) is 0 Å². The van der Waals surface area contributed by atoms with Gasteiger partial charge >= 0.3 is 0 Å². The van der Waals surface area contributed by atoms with Crippen LogP contribution in [0.5, 0.6) is 0 Å². The number of amides is 1. The van der Waals surface area contributed by atoms with Crippen LogP contribution in [0.2, 0.25) is 0 Å². The van der Waals surface area contributed by atoms with Crippen LogP contribution in [-0.2, 0) is 19.3 Å². The fourth-order valence-electron chi connectivity index (χ4n) is 3.13. The summed E-state index contributed by atoms with van der Waals surface area (Å²) in [5.74, 6) is 0.807. The van der Waals surface area contributed by atoms with Gasteiger partial charge in [0.25, 0.3) is 5.91 Å². The van der Waals surface area contributed by atoms with Gasteiger partial charge in [0.15, 0.2) is 5.69 Å². The fourth-order valence-corrected chi connectivity index (χ4v) is 3.13. The lowest BCUT2D eigenvalue weighted by molar-refractivity contribution is 0.0928. The van der Waals surface area contributed by atoms with Crippen LogP contribution in [0.25, 0.3) is 0 Å². The van der Waals surface area contributed by atoms with Crippen molar-refractivity contribution in [3.8, 4) is 0 Å². The second kappa shape index (κ2) is 7.44. The molecule has 1 atom stereocenters. The summed E-state index contributed by atoms with van der Waals surface area (Å²) >= 11 is 0. The number of rotatable bonds is 5. The van der Waals surface area contributed by atoms with Crippen LogP contribution < -0.4 is 5.32 Å². The lowest BCUT2D eigenvalue weighted by Gasteiger charge is -2.13. The van der Waals surface area contributed by atoms with Gasteiger partial charge in [0.1, 0.15) is 5.76 Å². The molecular weight excluding hydrogens is 288 g/mol. The maximum absolute atomic E-state index is 12.5. The van der Waals surface area contributed by atoms with Crippen molar-refractivity contribution < 1.29 is 9.32 Å². The Bertz CT molecular complexity index is 649. The number of hydrogen-bond acceptors (Lipinski definition) is 3. The highest BCUT2D eigenvalue weighted by atomic mass is 16.5. The van der Waals surface area contributed by atoms with Crippen molar-refractivity contribution in [1.82, 2.24) is 10.5 Å². The first-order valence-corrected chi connectivity index (χ1v) is 8.56. The minimum Gasteiger partial charge on any atom is -0.360 e. The third-order valence-electron chi connectivity index (χ3n) is 4.50. The Hall–Kier alpha value is -2.10. The minimum atomic E-state index is -0.0996. The van der Waals surface area contributed by atoms with Gasteiger partial charge in [0, 0.05) is 18.0 Å². The molecule has 1 N–H and O–H groups in total. The molecule has 0 radical (unpaired) electrons. The summed E-state index contributed by atoms with van der Waals surface area (Å²) in [6.07, 6.45) is 7.10. The predicted octanol–water partition coefficient (Wildman–Crippen LogP) is 3.69. The van der Waals surface area contributed by atoms with Gasteiger partial charge in [-0.05, 0) is 44.6 Å². The zero-order chi connectivity index (χ0) is 16.1. The molecule has 2 aromatic rings. The Morgan fingerprint density at radius 3 is 2.83 bits per heavy atom. The summed E-state index contributed by atoms with van der Waals surface area (Å²) in [5.41, 5.74) is 2.81. The van der Waals surface area contributed by atoms with Gasteiger partial charge in [0.2, 0.25) is 0 Å². The van der Waals surface area contributed by atoms with Gasteiger partial charge in [-0.15, -0.1) is 0 Å². The van der Waals surface area contributed by atoms with Gasteiger partial charge < -0.3 is 9.84 Å². The van der Waals surface area contributed by atoms with E-state index in [4.69, 9.17) is 4.52 Å². The number of carbonyl (C=O) groups is 1. The Morgan fingerprint density at radius 2 is 2.00 bits per heavy atom. The van der Waals surface area contributed by atoms with E-state index in [1.807, 2.05) is 25.1 Å². The Balaban J connectivity index is 1.57. The molecule has 23 heavy (non-hydrogen) atoms. The Morgan fingerprint density at radius 1 is 1.22 bits per heavy atom. The van der Waals surface area contributed by atoms with Gasteiger partial charge in [-0.25, -0.2) is 0 Å². The van der Waals surface area contributed by atoms with E-state index in [-0.39, 0.29) is 11.9 Å². The molecule has 0 saturated carbocycles. The SMILES string of the molecule is C[C@H](CCc1ccccc1)NC(=O)c1noc2c1CCCCC2. The van der Waals surface area contributed by atoms with Gasteiger partial charge in [-0.2, -0.15) is 0 Å². The molecule has 0 bridgehead atoms. The molecule has 0 saturated heterocycles. The van der Waals surface area contributed by atoms with Crippen molar-refractivity contribution in [1.29, 1.82) is 0 Å². The van der Waals surface area contributed by atoms with E-state index >= 15 is 0 Å². The first-order valence-electron chi connectivity index (χ1n) is 8.56. The van der Waals surface area contributed by atoms with Crippen molar-refractivity contribution in [2.24, 2.45) is 0 Å². The standard InChI is InChI=1S/C19H24N2O2/c1-14(12-13-15-8-4-2-5-9-15)20-19(22)18-16-10-6-3-7-11-17(16)23-21-18/h2,4-5,8-9,14H,3,6-7,10-13H2,1H3,(H,20,22)/t14-/m1/s1. The number of benzene rings is 1. The molecule has 0 aliphatic heterocycles. The van der Waals surface area contributed by atoms with Crippen molar-refractivity contribution >= 4 is 5.91 Å². The predicted molar refractivity (Wildman–Crippen MR) is 89.5 cm³/mol. The second-order valence-electron chi connectivity index (χ2n) is 6.39. The number of fused-ring (bicyclic) bond motifs is 1. The number of nitrogens with zero attached hydrogens (tertiary/aromatic N) is 1. The molecule has 1 aromatic carbocycles. The lowest BCUT2D eigenvalue weighted by Crippen LogP contribution is -2.33. The highest BCUT2D eigenvalue weighted by Crippen LogP contribution is 2.23. The number of carbonyl (C=O) groups excluding carboxylic acids is 1. The average molecular weight is 312 g/mol. The molecule has 0 spiro atoms. The third-order valence-corrected chi connectivity index (χ3v) is 4.50. The van der Waals surface area contributed by atoms with Crippen LogP contribution in [0.1, 0.15) is 60.0 Å². The van der Waals surface area contributed by atoms with E-state index in [1.165, 1.54) is 12.0 Å². The van der Waals surface area contributed by atoms with Crippen molar-refractivity contribution in [3.63, 3.8) is 0 Å².